The lowest BCUT2D eigenvalue weighted by molar-refractivity contribution is 0.180. The summed E-state index contributed by atoms with van der Waals surface area (Å²) in [5, 5.41) is 0. The number of sulfonamides is 1. The predicted octanol–water partition coefficient (Wildman–Crippen LogP) is 0.644. The van der Waals surface area contributed by atoms with Gasteiger partial charge in [0.2, 0.25) is 10.0 Å². The molecule has 3 N–H and O–H groups in total. The second kappa shape index (κ2) is 6.00. The highest BCUT2D eigenvalue weighted by molar-refractivity contribution is 7.89. The first kappa shape index (κ1) is 14.5. The van der Waals surface area contributed by atoms with Gasteiger partial charge in [-0.1, -0.05) is 12.1 Å². The van der Waals surface area contributed by atoms with Gasteiger partial charge < -0.3 is 10.5 Å². The molecule has 6 heteroatoms. The van der Waals surface area contributed by atoms with Crippen molar-refractivity contribution in [2.45, 2.75) is 36.2 Å². The van der Waals surface area contributed by atoms with E-state index in [1.165, 1.54) is 0 Å². The molecule has 1 saturated carbocycles. The van der Waals surface area contributed by atoms with Crippen LogP contribution in [0.15, 0.2) is 29.2 Å². The molecule has 106 valence electrons. The quantitative estimate of drug-likeness (QED) is 0.770. The Morgan fingerprint density at radius 3 is 2.53 bits per heavy atom. The monoisotopic (exact) mass is 284 g/mol. The SMILES string of the molecule is COCC(N)Cc1ccc(S(=O)(=O)NC2CC2)cc1. The number of rotatable bonds is 7. The van der Waals surface area contributed by atoms with E-state index < -0.39 is 10.0 Å². The molecule has 19 heavy (non-hydrogen) atoms. The molecular formula is C13H20N2O3S. The van der Waals surface area contributed by atoms with Crippen molar-refractivity contribution in [3.63, 3.8) is 0 Å². The van der Waals surface area contributed by atoms with Gasteiger partial charge in [-0.05, 0) is 37.0 Å². The molecule has 5 nitrogen and oxygen atoms in total. The van der Waals surface area contributed by atoms with Crippen molar-refractivity contribution >= 4 is 10.0 Å². The van der Waals surface area contributed by atoms with Crippen molar-refractivity contribution in [1.29, 1.82) is 0 Å². The van der Waals surface area contributed by atoms with Gasteiger partial charge in [-0.25, -0.2) is 13.1 Å². The van der Waals surface area contributed by atoms with E-state index in [0.717, 1.165) is 18.4 Å². The summed E-state index contributed by atoms with van der Waals surface area (Å²) in [5.74, 6) is 0. The summed E-state index contributed by atoms with van der Waals surface area (Å²) < 4.78 is 31.6. The average molecular weight is 284 g/mol. The third-order valence-electron chi connectivity index (χ3n) is 3.01. The second-order valence-corrected chi connectivity index (χ2v) is 6.67. The molecule has 0 aromatic heterocycles. The summed E-state index contributed by atoms with van der Waals surface area (Å²) in [5.41, 5.74) is 6.87. The minimum absolute atomic E-state index is 0.0722. The molecule has 1 aliphatic rings. The minimum Gasteiger partial charge on any atom is -0.383 e. The first-order valence-electron chi connectivity index (χ1n) is 6.37. The molecule has 0 aliphatic heterocycles. The average Bonchev–Trinajstić information content (AvgIpc) is 3.13. The van der Waals surface area contributed by atoms with E-state index in [-0.39, 0.29) is 12.1 Å². The molecule has 2 rings (SSSR count). The fourth-order valence-corrected chi connectivity index (χ4v) is 3.17. The van der Waals surface area contributed by atoms with Gasteiger partial charge in [0.25, 0.3) is 0 Å². The summed E-state index contributed by atoms with van der Waals surface area (Å²) in [7, 11) is -1.75. The van der Waals surface area contributed by atoms with E-state index in [4.69, 9.17) is 10.5 Å². The predicted molar refractivity (Wildman–Crippen MR) is 73.3 cm³/mol. The van der Waals surface area contributed by atoms with Crippen LogP contribution in [0.3, 0.4) is 0 Å². The lowest BCUT2D eigenvalue weighted by Crippen LogP contribution is -2.28. The Bertz CT molecular complexity index is 509. The Balaban J connectivity index is 2.01. The van der Waals surface area contributed by atoms with Crippen molar-refractivity contribution < 1.29 is 13.2 Å². The molecule has 1 aromatic carbocycles. The van der Waals surface area contributed by atoms with Crippen LogP contribution >= 0.6 is 0 Å². The fraction of sp³-hybridized carbons (Fsp3) is 0.538. The molecule has 0 heterocycles. The zero-order valence-electron chi connectivity index (χ0n) is 11.0. The van der Waals surface area contributed by atoms with Crippen LogP contribution < -0.4 is 10.5 Å². The zero-order chi connectivity index (χ0) is 13.9. The van der Waals surface area contributed by atoms with E-state index in [1.54, 1.807) is 31.4 Å². The Kier molecular flexibility index (Phi) is 4.57. The molecule has 1 atom stereocenters. The molecule has 1 aliphatic carbocycles. The van der Waals surface area contributed by atoms with Gasteiger partial charge in [0.1, 0.15) is 0 Å². The van der Waals surface area contributed by atoms with Crippen molar-refractivity contribution in [3.05, 3.63) is 29.8 Å². The van der Waals surface area contributed by atoms with Gasteiger partial charge in [-0.3, -0.25) is 0 Å². The Morgan fingerprint density at radius 2 is 2.00 bits per heavy atom. The summed E-state index contributed by atoms with van der Waals surface area (Å²) in [6, 6.07) is 6.91. The van der Waals surface area contributed by atoms with Gasteiger partial charge in [0.05, 0.1) is 11.5 Å². The van der Waals surface area contributed by atoms with Crippen LogP contribution in [-0.2, 0) is 21.2 Å². The highest BCUT2D eigenvalue weighted by Crippen LogP contribution is 2.22. The van der Waals surface area contributed by atoms with Crippen LogP contribution in [-0.4, -0.2) is 34.2 Å². The first-order chi connectivity index (χ1) is 9.01. The maximum Gasteiger partial charge on any atom is 0.240 e. The summed E-state index contributed by atoms with van der Waals surface area (Å²) in [4.78, 5) is 0.309. The Morgan fingerprint density at radius 1 is 1.37 bits per heavy atom. The van der Waals surface area contributed by atoms with E-state index in [2.05, 4.69) is 4.72 Å². The Hall–Kier alpha value is -0.950. The maximum absolute atomic E-state index is 12.0. The molecule has 0 radical (unpaired) electrons. The van der Waals surface area contributed by atoms with Crippen LogP contribution in [0.4, 0.5) is 0 Å². The van der Waals surface area contributed by atoms with Gasteiger partial charge in [-0.2, -0.15) is 0 Å². The number of hydrogen-bond acceptors (Lipinski definition) is 4. The van der Waals surface area contributed by atoms with Crippen LogP contribution in [0.2, 0.25) is 0 Å². The number of methoxy groups -OCH3 is 1. The number of nitrogens with one attached hydrogen (secondary N) is 1. The molecular weight excluding hydrogens is 264 g/mol. The van der Waals surface area contributed by atoms with Gasteiger partial charge in [0, 0.05) is 19.2 Å². The molecule has 1 fully saturated rings. The van der Waals surface area contributed by atoms with Crippen LogP contribution in [0.1, 0.15) is 18.4 Å². The second-order valence-electron chi connectivity index (χ2n) is 4.96. The highest BCUT2D eigenvalue weighted by atomic mass is 32.2. The molecule has 1 aromatic rings. The third kappa shape index (κ3) is 4.28. The summed E-state index contributed by atoms with van der Waals surface area (Å²) in [6.07, 6.45) is 2.54. The van der Waals surface area contributed by atoms with Crippen molar-refractivity contribution in [1.82, 2.24) is 4.72 Å². The minimum atomic E-state index is -3.36. The zero-order valence-corrected chi connectivity index (χ0v) is 11.8. The van der Waals surface area contributed by atoms with Gasteiger partial charge in [0.15, 0.2) is 0 Å². The molecule has 1 unspecified atom stereocenters. The topological polar surface area (TPSA) is 81.4 Å². The highest BCUT2D eigenvalue weighted by Gasteiger charge is 2.27. The molecule has 0 saturated heterocycles. The van der Waals surface area contributed by atoms with Gasteiger partial charge >= 0.3 is 0 Å². The lowest BCUT2D eigenvalue weighted by atomic mass is 10.1. The summed E-state index contributed by atoms with van der Waals surface area (Å²) in [6.45, 7) is 0.489. The smallest absolute Gasteiger partial charge is 0.240 e. The number of hydrogen-bond donors (Lipinski definition) is 2. The number of ether oxygens (including phenoxy) is 1. The van der Waals surface area contributed by atoms with Gasteiger partial charge in [-0.15, -0.1) is 0 Å². The lowest BCUT2D eigenvalue weighted by Gasteiger charge is -2.11. The summed E-state index contributed by atoms with van der Waals surface area (Å²) >= 11 is 0. The fourth-order valence-electron chi connectivity index (χ4n) is 1.87. The number of benzene rings is 1. The van der Waals surface area contributed by atoms with Crippen LogP contribution in [0, 0.1) is 0 Å². The Labute approximate surface area is 114 Å². The third-order valence-corrected chi connectivity index (χ3v) is 4.55. The number of nitrogens with two attached hydrogens (primary N) is 1. The molecule has 0 amide bonds. The van der Waals surface area contributed by atoms with E-state index in [1.807, 2.05) is 0 Å². The van der Waals surface area contributed by atoms with E-state index >= 15 is 0 Å². The van der Waals surface area contributed by atoms with Crippen molar-refractivity contribution in [2.75, 3.05) is 13.7 Å². The van der Waals surface area contributed by atoms with Crippen LogP contribution in [0.25, 0.3) is 0 Å². The normalized spacial score (nSPS) is 17.4. The van der Waals surface area contributed by atoms with E-state index in [9.17, 15) is 8.42 Å². The standard InChI is InChI=1S/C13H20N2O3S/c1-18-9-11(14)8-10-2-6-13(7-3-10)19(16,17)15-12-4-5-12/h2-3,6-7,11-12,15H,4-5,8-9,14H2,1H3. The first-order valence-corrected chi connectivity index (χ1v) is 7.85. The van der Waals surface area contributed by atoms with Crippen molar-refractivity contribution in [2.24, 2.45) is 5.73 Å². The van der Waals surface area contributed by atoms with Crippen molar-refractivity contribution in [3.8, 4) is 0 Å². The van der Waals surface area contributed by atoms with Crippen LogP contribution in [0.5, 0.6) is 0 Å². The molecule has 0 bridgehead atoms. The molecule has 0 spiro atoms. The largest absolute Gasteiger partial charge is 0.383 e. The van der Waals surface area contributed by atoms with E-state index in [0.29, 0.717) is 17.9 Å². The maximum atomic E-state index is 12.0.